The molecule has 6 heteroatoms. The van der Waals surface area contributed by atoms with Crippen molar-refractivity contribution in [2.45, 2.75) is 0 Å². The van der Waals surface area contributed by atoms with Gasteiger partial charge in [-0.2, -0.15) is 0 Å². The maximum Gasteiger partial charge on any atom is 0.182 e. The number of nitrogens with zero attached hydrogens (tertiary/aromatic N) is 1. The molecular weight excluding hydrogens is 367 g/mol. The Hall–Kier alpha value is -0.810. The Morgan fingerprint density at radius 2 is 1.79 bits per heavy atom. The summed E-state index contributed by atoms with van der Waals surface area (Å²) in [5, 5.41) is 1.12. The second-order valence-corrected chi connectivity index (χ2v) is 6.11. The van der Waals surface area contributed by atoms with Gasteiger partial charge < -0.3 is 4.98 Å². The smallest absolute Gasteiger partial charge is 0.182 e. The van der Waals surface area contributed by atoms with Gasteiger partial charge in [-0.05, 0) is 42.5 Å². The van der Waals surface area contributed by atoms with Crippen LogP contribution in [0.3, 0.4) is 0 Å². The van der Waals surface area contributed by atoms with Gasteiger partial charge in [0, 0.05) is 4.47 Å². The molecule has 0 unspecified atom stereocenters. The minimum absolute atomic E-state index is 0.558. The molecule has 2 nitrogen and oxygen atoms in total. The van der Waals surface area contributed by atoms with E-state index in [1.807, 2.05) is 28.8 Å². The molecule has 0 fully saturated rings. The van der Waals surface area contributed by atoms with Gasteiger partial charge in [0.05, 0.1) is 26.8 Å². The third-order valence-electron chi connectivity index (χ3n) is 2.81. The standard InChI is InChI=1S/C13H7BrCl2N2S/c14-7-4-5-11-10(6-7)17-13(19)18(11)12-8(15)2-1-3-9(12)16/h1-6H,(H,17,19). The van der Waals surface area contributed by atoms with Crippen molar-refractivity contribution in [2.24, 2.45) is 0 Å². The van der Waals surface area contributed by atoms with Gasteiger partial charge in [0.15, 0.2) is 4.77 Å². The van der Waals surface area contributed by atoms with Crippen LogP contribution in [-0.4, -0.2) is 9.55 Å². The summed E-state index contributed by atoms with van der Waals surface area (Å²) in [5.74, 6) is 0. The summed E-state index contributed by atoms with van der Waals surface area (Å²) < 4.78 is 3.39. The number of rotatable bonds is 1. The summed E-state index contributed by atoms with van der Waals surface area (Å²) in [4.78, 5) is 3.15. The van der Waals surface area contributed by atoms with Crippen LogP contribution in [0.1, 0.15) is 0 Å². The van der Waals surface area contributed by atoms with E-state index in [1.54, 1.807) is 12.1 Å². The van der Waals surface area contributed by atoms with E-state index in [4.69, 9.17) is 35.4 Å². The second kappa shape index (κ2) is 4.94. The molecule has 0 saturated heterocycles. The molecule has 2 aromatic carbocycles. The molecule has 3 aromatic rings. The topological polar surface area (TPSA) is 20.7 Å². The molecule has 0 amide bonds. The van der Waals surface area contributed by atoms with Crippen LogP contribution in [-0.2, 0) is 0 Å². The van der Waals surface area contributed by atoms with Crippen LogP contribution in [0.2, 0.25) is 10.0 Å². The number of fused-ring (bicyclic) bond motifs is 1. The lowest BCUT2D eigenvalue weighted by Crippen LogP contribution is -1.96. The Balaban J connectivity index is 2.43. The summed E-state index contributed by atoms with van der Waals surface area (Å²) in [5.41, 5.74) is 2.56. The highest BCUT2D eigenvalue weighted by Gasteiger charge is 2.13. The van der Waals surface area contributed by atoms with Gasteiger partial charge in [-0.1, -0.05) is 45.2 Å². The second-order valence-electron chi connectivity index (χ2n) is 4.00. The summed E-state index contributed by atoms with van der Waals surface area (Å²) in [7, 11) is 0. The van der Waals surface area contributed by atoms with E-state index in [0.29, 0.717) is 20.5 Å². The molecule has 0 aliphatic carbocycles. The first kappa shape index (κ1) is 13.2. The van der Waals surface area contributed by atoms with Crippen LogP contribution in [0, 0.1) is 4.77 Å². The van der Waals surface area contributed by atoms with Gasteiger partial charge in [0.2, 0.25) is 0 Å². The Kier molecular flexibility index (Phi) is 3.43. The number of H-pyrrole nitrogens is 1. The predicted octanol–water partition coefficient (Wildman–Crippen LogP) is 5.76. The zero-order valence-electron chi connectivity index (χ0n) is 9.45. The summed E-state index contributed by atoms with van der Waals surface area (Å²) in [6.07, 6.45) is 0. The molecule has 1 N–H and O–H groups in total. The highest BCUT2D eigenvalue weighted by Crippen LogP contribution is 2.32. The summed E-state index contributed by atoms with van der Waals surface area (Å²) in [6, 6.07) is 11.3. The SMILES string of the molecule is S=c1[nH]c2cc(Br)ccc2n1-c1c(Cl)cccc1Cl. The van der Waals surface area contributed by atoms with Crippen molar-refractivity contribution in [1.29, 1.82) is 0 Å². The molecule has 1 heterocycles. The molecular formula is C13H7BrCl2N2S. The summed E-state index contributed by atoms with van der Waals surface area (Å²) in [6.45, 7) is 0. The van der Waals surface area contributed by atoms with Gasteiger partial charge >= 0.3 is 0 Å². The van der Waals surface area contributed by atoms with Crippen LogP contribution in [0.25, 0.3) is 16.7 Å². The van der Waals surface area contributed by atoms with Crippen molar-refractivity contribution in [3.05, 3.63) is 55.7 Å². The molecule has 96 valence electrons. The first-order valence-corrected chi connectivity index (χ1v) is 7.38. The highest BCUT2D eigenvalue weighted by atomic mass is 79.9. The lowest BCUT2D eigenvalue weighted by molar-refractivity contribution is 1.07. The zero-order valence-corrected chi connectivity index (χ0v) is 13.4. The number of halogens is 3. The van der Waals surface area contributed by atoms with Gasteiger partial charge in [-0.25, -0.2) is 0 Å². The van der Waals surface area contributed by atoms with E-state index < -0.39 is 0 Å². The Labute approximate surface area is 133 Å². The number of hydrogen-bond donors (Lipinski definition) is 1. The number of hydrogen-bond acceptors (Lipinski definition) is 1. The highest BCUT2D eigenvalue weighted by molar-refractivity contribution is 9.10. The molecule has 19 heavy (non-hydrogen) atoms. The number of para-hydroxylation sites is 1. The van der Waals surface area contributed by atoms with Crippen molar-refractivity contribution in [2.75, 3.05) is 0 Å². The normalized spacial score (nSPS) is 11.1. The largest absolute Gasteiger partial charge is 0.330 e. The molecule has 3 rings (SSSR count). The first-order chi connectivity index (χ1) is 9.08. The van der Waals surface area contributed by atoms with Crippen LogP contribution in [0.5, 0.6) is 0 Å². The van der Waals surface area contributed by atoms with E-state index in [0.717, 1.165) is 15.5 Å². The van der Waals surface area contributed by atoms with Crippen molar-refractivity contribution in [3.63, 3.8) is 0 Å². The number of aromatic nitrogens is 2. The van der Waals surface area contributed by atoms with E-state index in [1.165, 1.54) is 0 Å². The van der Waals surface area contributed by atoms with Gasteiger partial charge in [0.25, 0.3) is 0 Å². The van der Waals surface area contributed by atoms with Crippen LogP contribution >= 0.6 is 51.3 Å². The monoisotopic (exact) mass is 372 g/mol. The van der Waals surface area contributed by atoms with Gasteiger partial charge in [-0.3, -0.25) is 4.57 Å². The average Bonchev–Trinajstić information content (AvgIpc) is 2.65. The molecule has 0 aliphatic heterocycles. The fourth-order valence-corrected chi connectivity index (χ4v) is 3.24. The maximum absolute atomic E-state index is 6.25. The summed E-state index contributed by atoms with van der Waals surface area (Å²) >= 11 is 21.3. The Morgan fingerprint density at radius 1 is 1.11 bits per heavy atom. The van der Waals surface area contributed by atoms with E-state index in [2.05, 4.69) is 20.9 Å². The predicted molar refractivity (Wildman–Crippen MR) is 86.2 cm³/mol. The lowest BCUT2D eigenvalue weighted by atomic mass is 10.3. The van der Waals surface area contributed by atoms with E-state index in [-0.39, 0.29) is 0 Å². The zero-order chi connectivity index (χ0) is 13.6. The molecule has 0 bridgehead atoms. The lowest BCUT2D eigenvalue weighted by Gasteiger charge is -2.09. The third kappa shape index (κ3) is 2.23. The van der Waals surface area contributed by atoms with Crippen molar-refractivity contribution >= 4 is 62.4 Å². The Bertz CT molecular complexity index is 818. The van der Waals surface area contributed by atoms with Crippen molar-refractivity contribution < 1.29 is 0 Å². The van der Waals surface area contributed by atoms with Crippen LogP contribution in [0.15, 0.2) is 40.9 Å². The number of nitrogens with one attached hydrogen (secondary N) is 1. The van der Waals surface area contributed by atoms with Gasteiger partial charge in [-0.15, -0.1) is 0 Å². The van der Waals surface area contributed by atoms with E-state index >= 15 is 0 Å². The van der Waals surface area contributed by atoms with Gasteiger partial charge in [0.1, 0.15) is 0 Å². The molecule has 1 aromatic heterocycles. The molecule has 0 spiro atoms. The van der Waals surface area contributed by atoms with Crippen LogP contribution in [0.4, 0.5) is 0 Å². The molecule has 0 atom stereocenters. The Morgan fingerprint density at radius 3 is 2.47 bits per heavy atom. The number of aromatic amines is 1. The number of benzene rings is 2. The van der Waals surface area contributed by atoms with Crippen molar-refractivity contribution in [1.82, 2.24) is 9.55 Å². The maximum atomic E-state index is 6.25. The number of imidazole rings is 1. The molecule has 0 radical (unpaired) electrons. The quantitative estimate of drug-likeness (QED) is 0.538. The fourth-order valence-electron chi connectivity index (χ4n) is 2.01. The molecule has 0 saturated carbocycles. The first-order valence-electron chi connectivity index (χ1n) is 5.42. The minimum Gasteiger partial charge on any atom is -0.330 e. The minimum atomic E-state index is 0.558. The van der Waals surface area contributed by atoms with Crippen LogP contribution < -0.4 is 0 Å². The average molecular weight is 374 g/mol. The third-order valence-corrected chi connectivity index (χ3v) is 4.19. The fraction of sp³-hybridized carbons (Fsp3) is 0. The molecule has 0 aliphatic rings. The van der Waals surface area contributed by atoms with E-state index in [9.17, 15) is 0 Å². The van der Waals surface area contributed by atoms with Crippen molar-refractivity contribution in [3.8, 4) is 5.69 Å².